The number of aromatic nitrogens is 1. The van der Waals surface area contributed by atoms with Crippen molar-refractivity contribution in [2.24, 2.45) is 10.8 Å². The van der Waals surface area contributed by atoms with E-state index in [2.05, 4.69) is 10.1 Å². The van der Waals surface area contributed by atoms with Crippen LogP contribution in [0.25, 0.3) is 0 Å². The molecule has 1 heterocycles. The van der Waals surface area contributed by atoms with Crippen LogP contribution in [-0.4, -0.2) is 16.3 Å². The third-order valence-electron chi connectivity index (χ3n) is 2.22. The standard InChI is InChI=1S/C13H12N4S/c14-13(18)17(12-6-2-1-3-7-12)16-10-11-5-4-8-15-9-11/h1-10H,(H2,14,18). The quantitative estimate of drug-likeness (QED) is 0.519. The molecule has 4 nitrogen and oxygen atoms in total. The van der Waals surface area contributed by atoms with Gasteiger partial charge in [0, 0.05) is 18.0 Å². The summed E-state index contributed by atoms with van der Waals surface area (Å²) in [5.74, 6) is 0. The number of para-hydroxylation sites is 1. The van der Waals surface area contributed by atoms with Crippen LogP contribution >= 0.6 is 12.2 Å². The number of hydrogen-bond donors (Lipinski definition) is 1. The highest BCUT2D eigenvalue weighted by molar-refractivity contribution is 7.80. The van der Waals surface area contributed by atoms with Gasteiger partial charge in [-0.1, -0.05) is 24.3 Å². The summed E-state index contributed by atoms with van der Waals surface area (Å²) in [5, 5.41) is 5.96. The first-order valence-electron chi connectivity index (χ1n) is 5.36. The summed E-state index contributed by atoms with van der Waals surface area (Å²) in [4.78, 5) is 4.01. The van der Waals surface area contributed by atoms with Crippen molar-refractivity contribution in [3.8, 4) is 0 Å². The van der Waals surface area contributed by atoms with Gasteiger partial charge in [-0.05, 0) is 30.4 Å². The Kier molecular flexibility index (Phi) is 3.98. The molecule has 0 bridgehead atoms. The van der Waals surface area contributed by atoms with E-state index in [4.69, 9.17) is 18.0 Å². The minimum Gasteiger partial charge on any atom is -0.374 e. The zero-order valence-corrected chi connectivity index (χ0v) is 10.4. The molecule has 5 heteroatoms. The van der Waals surface area contributed by atoms with Gasteiger partial charge >= 0.3 is 0 Å². The van der Waals surface area contributed by atoms with Gasteiger partial charge in [-0.25, -0.2) is 5.01 Å². The van der Waals surface area contributed by atoms with Gasteiger partial charge in [-0.15, -0.1) is 0 Å². The van der Waals surface area contributed by atoms with E-state index in [1.165, 1.54) is 5.01 Å². The molecule has 2 N–H and O–H groups in total. The molecule has 18 heavy (non-hydrogen) atoms. The molecule has 0 atom stereocenters. The predicted octanol–water partition coefficient (Wildman–Crippen LogP) is 2.17. The molecule has 0 saturated heterocycles. The van der Waals surface area contributed by atoms with Gasteiger partial charge in [0.15, 0.2) is 5.11 Å². The molecular formula is C13H12N4S. The molecule has 0 aliphatic heterocycles. The first kappa shape index (κ1) is 12.2. The largest absolute Gasteiger partial charge is 0.374 e. The molecule has 0 fully saturated rings. The minimum atomic E-state index is 0.196. The van der Waals surface area contributed by atoms with Gasteiger partial charge in [0.05, 0.1) is 11.9 Å². The van der Waals surface area contributed by atoms with E-state index < -0.39 is 0 Å². The lowest BCUT2D eigenvalue weighted by Gasteiger charge is -2.16. The molecule has 90 valence electrons. The summed E-state index contributed by atoms with van der Waals surface area (Å²) in [6.45, 7) is 0. The fraction of sp³-hybridized carbons (Fsp3) is 0. The van der Waals surface area contributed by atoms with E-state index in [0.29, 0.717) is 0 Å². The molecule has 1 aromatic carbocycles. The number of pyridine rings is 1. The minimum absolute atomic E-state index is 0.196. The van der Waals surface area contributed by atoms with Gasteiger partial charge < -0.3 is 5.73 Å². The Morgan fingerprint density at radius 3 is 2.61 bits per heavy atom. The summed E-state index contributed by atoms with van der Waals surface area (Å²) in [6, 6.07) is 13.3. The highest BCUT2D eigenvalue weighted by Crippen LogP contribution is 2.13. The van der Waals surface area contributed by atoms with E-state index in [1.54, 1.807) is 18.6 Å². The maximum atomic E-state index is 5.66. The van der Waals surface area contributed by atoms with Crippen molar-refractivity contribution in [3.05, 3.63) is 60.4 Å². The van der Waals surface area contributed by atoms with Crippen molar-refractivity contribution in [3.63, 3.8) is 0 Å². The van der Waals surface area contributed by atoms with Crippen LogP contribution < -0.4 is 10.7 Å². The Morgan fingerprint density at radius 2 is 2.00 bits per heavy atom. The SMILES string of the molecule is NC(=S)N(N=Cc1cccnc1)c1ccccc1. The topological polar surface area (TPSA) is 54.5 Å². The monoisotopic (exact) mass is 256 g/mol. The third kappa shape index (κ3) is 3.11. The van der Waals surface area contributed by atoms with E-state index in [-0.39, 0.29) is 5.11 Å². The summed E-state index contributed by atoms with van der Waals surface area (Å²) in [6.07, 6.45) is 5.09. The molecule has 0 aliphatic rings. The second-order valence-corrected chi connectivity index (χ2v) is 3.93. The number of hydrogen-bond acceptors (Lipinski definition) is 3. The second-order valence-electron chi connectivity index (χ2n) is 3.52. The number of rotatable bonds is 3. The molecule has 0 unspecified atom stereocenters. The van der Waals surface area contributed by atoms with Crippen LogP contribution in [0, 0.1) is 0 Å². The highest BCUT2D eigenvalue weighted by atomic mass is 32.1. The molecule has 0 aliphatic carbocycles. The number of nitrogens with zero attached hydrogens (tertiary/aromatic N) is 3. The molecular weight excluding hydrogens is 244 g/mol. The Hall–Kier alpha value is -2.27. The van der Waals surface area contributed by atoms with Crippen molar-refractivity contribution in [1.82, 2.24) is 4.98 Å². The van der Waals surface area contributed by atoms with Gasteiger partial charge in [-0.3, -0.25) is 4.98 Å². The molecule has 0 saturated carbocycles. The lowest BCUT2D eigenvalue weighted by molar-refractivity contribution is 1.14. The Bertz CT molecular complexity index is 539. The Balaban J connectivity index is 2.23. The number of anilines is 1. The number of benzene rings is 1. The smallest absolute Gasteiger partial charge is 0.191 e. The zero-order chi connectivity index (χ0) is 12.8. The summed E-state index contributed by atoms with van der Waals surface area (Å²) >= 11 is 4.99. The lowest BCUT2D eigenvalue weighted by Crippen LogP contribution is -2.30. The van der Waals surface area contributed by atoms with Crippen LogP contribution in [-0.2, 0) is 0 Å². The zero-order valence-electron chi connectivity index (χ0n) is 9.60. The Morgan fingerprint density at radius 1 is 1.22 bits per heavy atom. The third-order valence-corrected chi connectivity index (χ3v) is 2.39. The summed E-state index contributed by atoms with van der Waals surface area (Å²) < 4.78 is 0. The molecule has 1 aromatic heterocycles. The van der Waals surface area contributed by atoms with Gasteiger partial charge in [0.1, 0.15) is 0 Å². The highest BCUT2D eigenvalue weighted by Gasteiger charge is 2.05. The van der Waals surface area contributed by atoms with E-state index >= 15 is 0 Å². The fourth-order valence-electron chi connectivity index (χ4n) is 1.40. The number of thiocarbonyl (C=S) groups is 1. The van der Waals surface area contributed by atoms with Crippen molar-refractivity contribution in [2.75, 3.05) is 5.01 Å². The summed E-state index contributed by atoms with van der Waals surface area (Å²) in [5.41, 5.74) is 7.37. The summed E-state index contributed by atoms with van der Waals surface area (Å²) in [7, 11) is 0. The van der Waals surface area contributed by atoms with Crippen LogP contribution in [0.5, 0.6) is 0 Å². The second kappa shape index (κ2) is 5.88. The molecule has 0 amide bonds. The molecule has 2 rings (SSSR count). The average molecular weight is 256 g/mol. The first-order chi connectivity index (χ1) is 8.77. The predicted molar refractivity (Wildman–Crippen MR) is 77.5 cm³/mol. The Labute approximate surface area is 111 Å². The number of nitrogens with two attached hydrogens (primary N) is 1. The molecule has 0 spiro atoms. The van der Waals surface area contributed by atoms with E-state index in [1.807, 2.05) is 42.5 Å². The van der Waals surface area contributed by atoms with Crippen LogP contribution in [0.4, 0.5) is 5.69 Å². The normalized spacial score (nSPS) is 10.4. The van der Waals surface area contributed by atoms with Gasteiger partial charge in [0.25, 0.3) is 0 Å². The average Bonchev–Trinajstić information content (AvgIpc) is 2.41. The van der Waals surface area contributed by atoms with Crippen molar-refractivity contribution < 1.29 is 0 Å². The molecule has 0 radical (unpaired) electrons. The number of hydrazone groups is 1. The molecule has 2 aromatic rings. The van der Waals surface area contributed by atoms with E-state index in [9.17, 15) is 0 Å². The first-order valence-corrected chi connectivity index (χ1v) is 5.77. The van der Waals surface area contributed by atoms with Crippen molar-refractivity contribution in [1.29, 1.82) is 0 Å². The maximum Gasteiger partial charge on any atom is 0.191 e. The van der Waals surface area contributed by atoms with Crippen LogP contribution in [0.2, 0.25) is 0 Å². The van der Waals surface area contributed by atoms with Crippen molar-refractivity contribution >= 4 is 29.2 Å². The van der Waals surface area contributed by atoms with E-state index in [0.717, 1.165) is 11.3 Å². The van der Waals surface area contributed by atoms with Crippen LogP contribution in [0.15, 0.2) is 60.0 Å². The van der Waals surface area contributed by atoms with Gasteiger partial charge in [-0.2, -0.15) is 5.10 Å². The maximum absolute atomic E-state index is 5.66. The van der Waals surface area contributed by atoms with Crippen LogP contribution in [0.1, 0.15) is 5.56 Å². The van der Waals surface area contributed by atoms with Crippen molar-refractivity contribution in [2.45, 2.75) is 0 Å². The van der Waals surface area contributed by atoms with Crippen LogP contribution in [0.3, 0.4) is 0 Å². The lowest BCUT2D eigenvalue weighted by atomic mass is 10.3. The fourth-order valence-corrected chi connectivity index (χ4v) is 1.55. The van der Waals surface area contributed by atoms with Gasteiger partial charge in [0.2, 0.25) is 0 Å².